The van der Waals surface area contributed by atoms with Crippen molar-refractivity contribution in [1.82, 2.24) is 0 Å². The van der Waals surface area contributed by atoms with Gasteiger partial charge in [0.1, 0.15) is 0 Å². The van der Waals surface area contributed by atoms with Crippen LogP contribution in [0.1, 0.15) is 27.2 Å². The molecule has 9 heavy (non-hydrogen) atoms. The van der Waals surface area contributed by atoms with Gasteiger partial charge in [-0.15, -0.1) is 0 Å². The van der Waals surface area contributed by atoms with E-state index in [-0.39, 0.29) is 0 Å². The molecule has 3 heteroatoms. The fraction of sp³-hybridized carbons (Fsp3) is 1.00. The molecule has 0 aliphatic heterocycles. The summed E-state index contributed by atoms with van der Waals surface area (Å²) in [5.74, 6) is 0. The Morgan fingerprint density at radius 3 is 2.00 bits per heavy atom. The molecule has 0 bridgehead atoms. The van der Waals surface area contributed by atoms with Crippen molar-refractivity contribution in [2.45, 2.75) is 39.3 Å². The SMILES string of the molecule is CCC(C)(C)OC(O)O. The minimum absolute atomic E-state index is 0.436. The lowest BCUT2D eigenvalue weighted by Gasteiger charge is -2.23. The molecule has 0 heterocycles. The molecular weight excluding hydrogens is 120 g/mol. The lowest BCUT2D eigenvalue weighted by atomic mass is 10.1. The maximum Gasteiger partial charge on any atom is 0.267 e. The van der Waals surface area contributed by atoms with Gasteiger partial charge in [-0.05, 0) is 20.3 Å². The highest BCUT2D eigenvalue weighted by molar-refractivity contribution is 4.63. The van der Waals surface area contributed by atoms with Crippen molar-refractivity contribution < 1.29 is 14.9 Å². The molecule has 0 saturated heterocycles. The molecule has 0 rings (SSSR count). The maximum absolute atomic E-state index is 8.35. The summed E-state index contributed by atoms with van der Waals surface area (Å²) in [4.78, 5) is 0. The van der Waals surface area contributed by atoms with E-state index in [1.54, 1.807) is 13.8 Å². The summed E-state index contributed by atoms with van der Waals surface area (Å²) in [6.07, 6.45) is 0.755. The first-order valence-electron chi connectivity index (χ1n) is 3.02. The van der Waals surface area contributed by atoms with Gasteiger partial charge < -0.3 is 14.9 Å². The lowest BCUT2D eigenvalue weighted by Crippen LogP contribution is -2.29. The van der Waals surface area contributed by atoms with Crippen molar-refractivity contribution in [2.75, 3.05) is 0 Å². The van der Waals surface area contributed by atoms with E-state index in [4.69, 9.17) is 14.9 Å². The van der Waals surface area contributed by atoms with Crippen LogP contribution in [0.5, 0.6) is 0 Å². The van der Waals surface area contributed by atoms with Gasteiger partial charge in [0.25, 0.3) is 6.48 Å². The number of aliphatic hydroxyl groups is 2. The smallest absolute Gasteiger partial charge is 0.267 e. The minimum Gasteiger partial charge on any atom is -0.346 e. The van der Waals surface area contributed by atoms with Crippen LogP contribution in [0.15, 0.2) is 0 Å². The highest BCUT2D eigenvalue weighted by Gasteiger charge is 2.18. The maximum atomic E-state index is 8.35. The van der Waals surface area contributed by atoms with Gasteiger partial charge in [-0.2, -0.15) is 0 Å². The number of hydrogen-bond acceptors (Lipinski definition) is 3. The summed E-state index contributed by atoms with van der Waals surface area (Å²) in [6, 6.07) is 0. The third-order valence-corrected chi connectivity index (χ3v) is 1.28. The molecule has 0 aromatic rings. The first-order valence-corrected chi connectivity index (χ1v) is 3.02. The highest BCUT2D eigenvalue weighted by atomic mass is 16.7. The van der Waals surface area contributed by atoms with Crippen molar-refractivity contribution in [1.29, 1.82) is 0 Å². The van der Waals surface area contributed by atoms with Crippen molar-refractivity contribution in [3.63, 3.8) is 0 Å². The van der Waals surface area contributed by atoms with Crippen molar-refractivity contribution in [3.8, 4) is 0 Å². The van der Waals surface area contributed by atoms with Gasteiger partial charge >= 0.3 is 0 Å². The Morgan fingerprint density at radius 1 is 1.44 bits per heavy atom. The van der Waals surface area contributed by atoms with E-state index in [2.05, 4.69) is 0 Å². The minimum atomic E-state index is -1.65. The van der Waals surface area contributed by atoms with Crippen LogP contribution in [-0.4, -0.2) is 22.3 Å². The molecule has 2 N–H and O–H groups in total. The average molecular weight is 134 g/mol. The molecule has 0 aliphatic carbocycles. The third-order valence-electron chi connectivity index (χ3n) is 1.28. The second-order valence-electron chi connectivity index (χ2n) is 2.56. The first-order chi connectivity index (χ1) is 3.98. The molecule has 0 aliphatic rings. The molecule has 56 valence electrons. The average Bonchev–Trinajstić information content (AvgIpc) is 1.63. The van der Waals surface area contributed by atoms with Gasteiger partial charge in [-0.25, -0.2) is 0 Å². The molecule has 0 atom stereocenters. The van der Waals surface area contributed by atoms with Gasteiger partial charge in [-0.1, -0.05) is 6.92 Å². The van der Waals surface area contributed by atoms with E-state index in [1.807, 2.05) is 6.92 Å². The van der Waals surface area contributed by atoms with E-state index in [1.165, 1.54) is 0 Å². The monoisotopic (exact) mass is 134 g/mol. The van der Waals surface area contributed by atoms with E-state index in [0.717, 1.165) is 6.42 Å². The van der Waals surface area contributed by atoms with E-state index < -0.39 is 12.1 Å². The summed E-state index contributed by atoms with van der Waals surface area (Å²) in [5.41, 5.74) is -0.436. The fourth-order valence-electron chi connectivity index (χ4n) is 0.369. The van der Waals surface area contributed by atoms with Crippen LogP contribution in [0, 0.1) is 0 Å². The molecule has 0 fully saturated rings. The van der Waals surface area contributed by atoms with Crippen LogP contribution in [0.4, 0.5) is 0 Å². The molecule has 0 spiro atoms. The Morgan fingerprint density at radius 2 is 1.89 bits per heavy atom. The summed E-state index contributed by atoms with van der Waals surface area (Å²) in [6.45, 7) is 3.86. The summed E-state index contributed by atoms with van der Waals surface area (Å²) in [5, 5.41) is 16.7. The quantitative estimate of drug-likeness (QED) is 0.551. The zero-order valence-corrected chi connectivity index (χ0v) is 6.09. The number of aliphatic hydroxyl groups excluding tert-OH is 1. The normalized spacial score (nSPS) is 12.7. The number of ether oxygens (including phenoxy) is 1. The van der Waals surface area contributed by atoms with E-state index in [0.29, 0.717) is 0 Å². The van der Waals surface area contributed by atoms with Crippen molar-refractivity contribution >= 4 is 0 Å². The Kier molecular flexibility index (Phi) is 3.11. The second-order valence-corrected chi connectivity index (χ2v) is 2.56. The molecule has 0 amide bonds. The molecule has 3 nitrogen and oxygen atoms in total. The second kappa shape index (κ2) is 3.15. The fourth-order valence-corrected chi connectivity index (χ4v) is 0.369. The summed E-state index contributed by atoms with van der Waals surface area (Å²) >= 11 is 0. The molecule has 0 unspecified atom stereocenters. The highest BCUT2D eigenvalue weighted by Crippen LogP contribution is 2.13. The summed E-state index contributed by atoms with van der Waals surface area (Å²) < 4.78 is 4.70. The van der Waals surface area contributed by atoms with Gasteiger partial charge in [-0.3, -0.25) is 0 Å². The lowest BCUT2D eigenvalue weighted by molar-refractivity contribution is -0.279. The first kappa shape index (κ1) is 8.88. The van der Waals surface area contributed by atoms with E-state index >= 15 is 0 Å². The van der Waals surface area contributed by atoms with Crippen molar-refractivity contribution in [3.05, 3.63) is 0 Å². The van der Waals surface area contributed by atoms with Crippen LogP contribution < -0.4 is 0 Å². The Labute approximate surface area is 55.3 Å². The van der Waals surface area contributed by atoms with Crippen LogP contribution in [0.25, 0.3) is 0 Å². The Bertz CT molecular complexity index is 78.4. The molecule has 0 aromatic carbocycles. The standard InChI is InChI=1S/C6H14O3/c1-4-6(2,3)9-5(7)8/h5,7-8H,4H2,1-3H3. The topological polar surface area (TPSA) is 49.7 Å². The molecule has 0 saturated carbocycles. The Hall–Kier alpha value is -0.120. The predicted molar refractivity (Wildman–Crippen MR) is 33.7 cm³/mol. The van der Waals surface area contributed by atoms with Crippen LogP contribution in [0.2, 0.25) is 0 Å². The summed E-state index contributed by atoms with van der Waals surface area (Å²) in [7, 11) is 0. The number of rotatable bonds is 3. The zero-order chi connectivity index (χ0) is 7.49. The number of hydrogen-bond donors (Lipinski definition) is 2. The largest absolute Gasteiger partial charge is 0.346 e. The van der Waals surface area contributed by atoms with Crippen LogP contribution >= 0.6 is 0 Å². The van der Waals surface area contributed by atoms with Crippen LogP contribution in [-0.2, 0) is 4.74 Å². The van der Waals surface area contributed by atoms with Crippen molar-refractivity contribution in [2.24, 2.45) is 0 Å². The van der Waals surface area contributed by atoms with E-state index in [9.17, 15) is 0 Å². The molecular formula is C6H14O3. The van der Waals surface area contributed by atoms with Crippen LogP contribution in [0.3, 0.4) is 0 Å². The Balaban J connectivity index is 3.58. The predicted octanol–water partition coefficient (Wildman–Crippen LogP) is 0.460. The van der Waals surface area contributed by atoms with Gasteiger partial charge in [0.15, 0.2) is 0 Å². The zero-order valence-electron chi connectivity index (χ0n) is 6.09. The van der Waals surface area contributed by atoms with Gasteiger partial charge in [0.05, 0.1) is 5.60 Å². The van der Waals surface area contributed by atoms with Gasteiger partial charge in [0, 0.05) is 0 Å². The third kappa shape index (κ3) is 4.39. The molecule has 0 radical (unpaired) electrons. The van der Waals surface area contributed by atoms with Gasteiger partial charge in [0.2, 0.25) is 0 Å². The molecule has 0 aromatic heterocycles.